The van der Waals surface area contributed by atoms with Gasteiger partial charge in [-0.1, -0.05) is 6.92 Å². The summed E-state index contributed by atoms with van der Waals surface area (Å²) in [5, 5.41) is 15.8. The van der Waals surface area contributed by atoms with Crippen molar-refractivity contribution in [1.29, 1.82) is 0 Å². The van der Waals surface area contributed by atoms with E-state index in [1.165, 1.54) is 34.5 Å². The summed E-state index contributed by atoms with van der Waals surface area (Å²) in [7, 11) is -2.54. The van der Waals surface area contributed by atoms with Gasteiger partial charge in [0.15, 0.2) is 11.5 Å². The molecule has 0 aromatic heterocycles. The Morgan fingerprint density at radius 1 is 1.00 bits per heavy atom. The second-order valence-electron chi connectivity index (χ2n) is 12.9. The molecule has 0 saturated heterocycles. The standard InChI is InChI=1S/C36H45FN4O9S/c1-23-19-41(24(2)21-42)35(43)30-17-27(38-36(44)39-28-11-15-32-33(18-28)49-22-48-32)10-14-31(30)50-25(3)7-5-6-16-47-34(23)20-40(4)51(45,46)29-12-8-26(37)9-13-29/h8-15,17-18,23-25,34,42H,5-7,16,19-22H2,1-4H3,(H2,38,39,44)/t23-,24+,25+,34-/m0/s1. The van der Waals surface area contributed by atoms with E-state index in [1.54, 1.807) is 37.3 Å². The lowest BCUT2D eigenvalue weighted by atomic mass is 10.0. The van der Waals surface area contributed by atoms with Gasteiger partial charge in [-0.3, -0.25) is 4.79 Å². The van der Waals surface area contributed by atoms with Gasteiger partial charge in [0, 0.05) is 50.1 Å². The number of sulfonamides is 1. The molecule has 2 aliphatic rings. The number of amides is 3. The van der Waals surface area contributed by atoms with Gasteiger partial charge in [-0.2, -0.15) is 4.31 Å². The molecule has 13 nitrogen and oxygen atoms in total. The van der Waals surface area contributed by atoms with E-state index in [9.17, 15) is 27.5 Å². The number of hydrogen-bond acceptors (Lipinski definition) is 9. The van der Waals surface area contributed by atoms with Gasteiger partial charge in [0.05, 0.1) is 35.3 Å². The van der Waals surface area contributed by atoms with Gasteiger partial charge in [-0.05, 0) is 87.7 Å². The fourth-order valence-electron chi connectivity index (χ4n) is 5.87. The van der Waals surface area contributed by atoms with E-state index >= 15 is 0 Å². The van der Waals surface area contributed by atoms with Crippen LogP contribution in [-0.2, 0) is 14.8 Å². The number of aliphatic hydroxyl groups excluding tert-OH is 1. The minimum atomic E-state index is -3.97. The lowest BCUT2D eigenvalue weighted by Gasteiger charge is -2.35. The minimum Gasteiger partial charge on any atom is -0.490 e. The number of carbonyl (C=O) groups is 2. The second-order valence-corrected chi connectivity index (χ2v) is 14.9. The highest BCUT2D eigenvalue weighted by Crippen LogP contribution is 2.34. The maximum Gasteiger partial charge on any atom is 0.323 e. The number of likely N-dealkylation sites (N-methyl/N-ethyl adjacent to an activating group) is 1. The zero-order valence-electron chi connectivity index (χ0n) is 29.1. The first-order valence-electron chi connectivity index (χ1n) is 16.9. The van der Waals surface area contributed by atoms with Crippen molar-refractivity contribution in [1.82, 2.24) is 9.21 Å². The summed E-state index contributed by atoms with van der Waals surface area (Å²) in [6, 6.07) is 13.3. The first-order chi connectivity index (χ1) is 24.3. The number of rotatable bonds is 8. The van der Waals surface area contributed by atoms with Crippen LogP contribution in [0.5, 0.6) is 17.2 Å². The number of halogens is 1. The summed E-state index contributed by atoms with van der Waals surface area (Å²) in [4.78, 5) is 28.8. The van der Waals surface area contributed by atoms with E-state index in [1.807, 2.05) is 13.8 Å². The number of benzene rings is 3. The highest BCUT2D eigenvalue weighted by molar-refractivity contribution is 7.89. The van der Waals surface area contributed by atoms with Crippen LogP contribution in [0.2, 0.25) is 0 Å². The maximum atomic E-state index is 14.4. The number of nitrogens with one attached hydrogen (secondary N) is 2. The van der Waals surface area contributed by atoms with Crippen molar-refractivity contribution in [3.63, 3.8) is 0 Å². The summed E-state index contributed by atoms with van der Waals surface area (Å²) >= 11 is 0. The summed E-state index contributed by atoms with van der Waals surface area (Å²) in [5.74, 6) is 0.0262. The van der Waals surface area contributed by atoms with Crippen LogP contribution in [-0.4, -0.2) is 93.1 Å². The highest BCUT2D eigenvalue weighted by Gasteiger charge is 2.32. The number of anilines is 2. The third-order valence-electron chi connectivity index (χ3n) is 8.90. The first-order valence-corrected chi connectivity index (χ1v) is 18.3. The van der Waals surface area contributed by atoms with Gasteiger partial charge in [0.25, 0.3) is 5.91 Å². The summed E-state index contributed by atoms with van der Waals surface area (Å²) in [5.41, 5.74) is 0.991. The molecule has 51 heavy (non-hydrogen) atoms. The SMILES string of the molecule is C[C@@H]1CCCCO[C@@H](CN(C)S(=O)(=O)c2ccc(F)cc2)[C@@H](C)CN([C@H](C)CO)C(=O)c2cc(NC(=O)Nc3ccc4c(c3)OCO4)ccc2O1. The zero-order valence-corrected chi connectivity index (χ0v) is 30.0. The minimum absolute atomic E-state index is 0.0287. The number of urea groups is 1. The molecule has 5 rings (SSSR count). The Kier molecular flexibility index (Phi) is 12.4. The van der Waals surface area contributed by atoms with E-state index in [4.69, 9.17) is 18.9 Å². The number of hydrogen-bond donors (Lipinski definition) is 3. The van der Waals surface area contributed by atoms with Crippen molar-refractivity contribution < 1.29 is 46.5 Å². The normalized spacial score (nSPS) is 20.6. The average Bonchev–Trinajstić information content (AvgIpc) is 3.57. The molecule has 3 amide bonds. The molecule has 3 aromatic carbocycles. The molecule has 2 heterocycles. The first kappa shape index (κ1) is 37.8. The third-order valence-corrected chi connectivity index (χ3v) is 10.7. The number of carbonyl (C=O) groups excluding carboxylic acids is 2. The van der Waals surface area contributed by atoms with Gasteiger partial charge >= 0.3 is 6.03 Å². The molecule has 3 aromatic rings. The molecule has 0 spiro atoms. The topological polar surface area (TPSA) is 156 Å². The van der Waals surface area contributed by atoms with Crippen molar-refractivity contribution >= 4 is 33.3 Å². The molecule has 4 atom stereocenters. The van der Waals surface area contributed by atoms with Crippen molar-refractivity contribution in [2.75, 3.05) is 50.8 Å². The van der Waals surface area contributed by atoms with E-state index in [-0.39, 0.29) is 43.1 Å². The van der Waals surface area contributed by atoms with Crippen molar-refractivity contribution in [2.24, 2.45) is 5.92 Å². The Morgan fingerprint density at radius 2 is 1.67 bits per heavy atom. The molecule has 2 aliphatic heterocycles. The van der Waals surface area contributed by atoms with E-state index in [0.29, 0.717) is 48.1 Å². The van der Waals surface area contributed by atoms with Crippen LogP contribution in [0.25, 0.3) is 0 Å². The largest absolute Gasteiger partial charge is 0.490 e. The molecule has 0 saturated carbocycles. The Balaban J connectivity index is 1.39. The number of fused-ring (bicyclic) bond motifs is 2. The van der Waals surface area contributed by atoms with Crippen LogP contribution < -0.4 is 24.8 Å². The predicted octanol–water partition coefficient (Wildman–Crippen LogP) is 5.31. The molecule has 0 fully saturated rings. The Bertz CT molecular complexity index is 1790. The second kappa shape index (κ2) is 16.7. The van der Waals surface area contributed by atoms with Crippen molar-refractivity contribution in [3.8, 4) is 17.2 Å². The Hall–Kier alpha value is -4.44. The fourth-order valence-corrected chi connectivity index (χ4v) is 7.05. The lowest BCUT2D eigenvalue weighted by Crippen LogP contribution is -2.48. The molecule has 0 bridgehead atoms. The van der Waals surface area contributed by atoms with Gasteiger partial charge in [0.2, 0.25) is 16.8 Å². The molecule has 0 aliphatic carbocycles. The molecule has 0 radical (unpaired) electrons. The maximum absolute atomic E-state index is 14.4. The lowest BCUT2D eigenvalue weighted by molar-refractivity contribution is -0.00834. The smallest absolute Gasteiger partial charge is 0.323 e. The average molecular weight is 729 g/mol. The predicted molar refractivity (Wildman–Crippen MR) is 188 cm³/mol. The number of nitrogens with zero attached hydrogens (tertiary/aromatic N) is 2. The number of ether oxygens (including phenoxy) is 4. The Morgan fingerprint density at radius 3 is 2.37 bits per heavy atom. The van der Waals surface area contributed by atoms with Crippen molar-refractivity contribution in [2.45, 2.75) is 63.2 Å². The van der Waals surface area contributed by atoms with Gasteiger partial charge < -0.3 is 39.6 Å². The quantitative estimate of drug-likeness (QED) is 0.280. The molecular weight excluding hydrogens is 683 g/mol. The molecule has 3 N–H and O–H groups in total. The number of aliphatic hydroxyl groups is 1. The van der Waals surface area contributed by atoms with Gasteiger partial charge in [0.1, 0.15) is 11.6 Å². The van der Waals surface area contributed by atoms with Crippen LogP contribution in [0.15, 0.2) is 65.6 Å². The third kappa shape index (κ3) is 9.47. The fraction of sp³-hybridized carbons (Fsp3) is 0.444. The summed E-state index contributed by atoms with van der Waals surface area (Å²) < 4.78 is 64.7. The van der Waals surface area contributed by atoms with Crippen LogP contribution in [0.3, 0.4) is 0 Å². The molecule has 276 valence electrons. The van der Waals surface area contributed by atoms with Crippen LogP contribution in [0, 0.1) is 11.7 Å². The van der Waals surface area contributed by atoms with Crippen molar-refractivity contribution in [3.05, 3.63) is 72.0 Å². The Labute approximate surface area is 297 Å². The molecule has 0 unspecified atom stereocenters. The van der Waals surface area contributed by atoms with E-state index in [0.717, 1.165) is 18.6 Å². The summed E-state index contributed by atoms with van der Waals surface area (Å²) in [6.07, 6.45) is 1.20. The molecular formula is C36H45FN4O9S. The van der Waals surface area contributed by atoms with Crippen LogP contribution in [0.1, 0.15) is 50.4 Å². The van der Waals surface area contributed by atoms with Gasteiger partial charge in [-0.25, -0.2) is 17.6 Å². The van der Waals surface area contributed by atoms with Gasteiger partial charge in [-0.15, -0.1) is 0 Å². The van der Waals surface area contributed by atoms with Crippen LogP contribution in [0.4, 0.5) is 20.6 Å². The molecule has 15 heteroatoms. The summed E-state index contributed by atoms with van der Waals surface area (Å²) in [6.45, 7) is 5.66. The van der Waals surface area contributed by atoms with Crippen LogP contribution >= 0.6 is 0 Å². The monoisotopic (exact) mass is 728 g/mol. The van der Waals surface area contributed by atoms with E-state index < -0.39 is 45.8 Å². The zero-order chi connectivity index (χ0) is 36.7. The highest BCUT2D eigenvalue weighted by atomic mass is 32.2. The van der Waals surface area contributed by atoms with E-state index in [2.05, 4.69) is 10.6 Å².